The van der Waals surface area contributed by atoms with Crippen molar-refractivity contribution in [3.8, 4) is 0 Å². The average molecular weight is 648 g/mol. The normalized spacial score (nSPS) is 12.2. The van der Waals surface area contributed by atoms with Crippen molar-refractivity contribution in [2.24, 2.45) is 0 Å². The Morgan fingerprint density at radius 2 is 0.952 bits per heavy atom. The zero-order valence-corrected chi connectivity index (χ0v) is 27.6. The molecule has 0 spiro atoms. The lowest BCUT2D eigenvalue weighted by Gasteiger charge is -2.19. The summed E-state index contributed by atoms with van der Waals surface area (Å²) in [6.07, 6.45) is 0. The van der Waals surface area contributed by atoms with Gasteiger partial charge in [0, 0.05) is 11.4 Å². The number of sulfonamides is 2. The van der Waals surface area contributed by atoms with Gasteiger partial charge in [-0.25, -0.2) is 16.8 Å². The Labute approximate surface area is 260 Å². The maximum atomic E-state index is 12.4. The van der Waals surface area contributed by atoms with E-state index in [9.17, 15) is 16.8 Å². The van der Waals surface area contributed by atoms with Gasteiger partial charge in [0.05, 0.1) is 14.9 Å². The average Bonchev–Trinajstić information content (AvgIpc) is 2.90. The molecule has 0 aliphatic carbocycles. The Hall–Kier alpha value is -3.04. The summed E-state index contributed by atoms with van der Waals surface area (Å²) in [6, 6.07) is 27.6. The third-order valence-corrected chi connectivity index (χ3v) is 10.0. The van der Waals surface area contributed by atoms with Crippen LogP contribution in [0.2, 0.25) is 10.0 Å². The lowest BCUT2D eigenvalue weighted by Crippen LogP contribution is -2.14. The molecule has 4 rings (SSSR count). The summed E-state index contributed by atoms with van der Waals surface area (Å²) in [5.41, 5.74) is 3.40. The van der Waals surface area contributed by atoms with Crippen molar-refractivity contribution in [1.82, 2.24) is 0 Å². The van der Waals surface area contributed by atoms with Crippen molar-refractivity contribution in [2.75, 3.05) is 9.44 Å². The first-order valence-corrected chi connectivity index (χ1v) is 16.9. The minimum atomic E-state index is -3.78. The molecule has 2 N–H and O–H groups in total. The molecule has 42 heavy (non-hydrogen) atoms. The molecule has 4 aromatic carbocycles. The molecule has 0 aliphatic heterocycles. The van der Waals surface area contributed by atoms with Gasteiger partial charge in [-0.2, -0.15) is 0 Å². The number of halogens is 2. The van der Waals surface area contributed by atoms with E-state index in [4.69, 9.17) is 23.2 Å². The van der Waals surface area contributed by atoms with Gasteiger partial charge in [-0.05, 0) is 70.5 Å². The highest BCUT2D eigenvalue weighted by molar-refractivity contribution is 7.93. The minimum Gasteiger partial charge on any atom is -0.280 e. The smallest absolute Gasteiger partial charge is 0.263 e. The largest absolute Gasteiger partial charge is 0.280 e. The van der Waals surface area contributed by atoms with E-state index in [1.807, 2.05) is 24.3 Å². The summed E-state index contributed by atoms with van der Waals surface area (Å²) in [7, 11) is -7.29. The van der Waals surface area contributed by atoms with E-state index >= 15 is 0 Å². The van der Waals surface area contributed by atoms with E-state index in [1.165, 1.54) is 11.6 Å². The Balaban J connectivity index is 0.000000231. The standard InChI is InChI=1S/C16H17Cl2NO2S.C16H19NO2S/c1-16(2,3)11-7-9-12(10-8-11)19-22(20,21)14-6-4-5-13(17)15(14)18;1-16(2,3)13-9-11-14(12-10-13)17-20(18,19)15-7-5-4-6-8-15/h4-10,19H,1-3H3;4-12,17H,1-3H3. The monoisotopic (exact) mass is 646 g/mol. The summed E-state index contributed by atoms with van der Waals surface area (Å²) in [4.78, 5) is 0.224. The van der Waals surface area contributed by atoms with Crippen LogP contribution in [-0.2, 0) is 30.9 Å². The predicted octanol–water partition coefficient (Wildman–Crippen LogP) is 8.88. The molecular formula is C32H36Cl2N2O4S2. The van der Waals surface area contributed by atoms with Gasteiger partial charge in [0.25, 0.3) is 20.0 Å². The van der Waals surface area contributed by atoms with Crippen LogP contribution in [0, 0.1) is 0 Å². The summed E-state index contributed by atoms with van der Waals surface area (Å²) in [5.74, 6) is 0. The van der Waals surface area contributed by atoms with Crippen molar-refractivity contribution in [2.45, 2.75) is 62.2 Å². The number of nitrogens with one attached hydrogen (secondary N) is 2. The Bertz CT molecular complexity index is 1710. The number of benzene rings is 4. The number of rotatable bonds is 6. The fourth-order valence-corrected chi connectivity index (χ4v) is 6.69. The zero-order chi connectivity index (χ0) is 31.3. The maximum Gasteiger partial charge on any atom is 0.263 e. The summed E-state index contributed by atoms with van der Waals surface area (Å²) in [6.45, 7) is 12.6. The van der Waals surface area contributed by atoms with Crippen LogP contribution in [0.25, 0.3) is 0 Å². The highest BCUT2D eigenvalue weighted by atomic mass is 35.5. The molecule has 0 atom stereocenters. The SMILES string of the molecule is CC(C)(C)c1ccc(NS(=O)(=O)c2cccc(Cl)c2Cl)cc1.CC(C)(C)c1ccc(NS(=O)(=O)c2ccccc2)cc1. The molecule has 0 unspecified atom stereocenters. The molecule has 4 aromatic rings. The molecule has 0 aliphatic rings. The first-order chi connectivity index (χ1) is 19.4. The third-order valence-electron chi connectivity index (χ3n) is 6.27. The fraction of sp³-hybridized carbons (Fsp3) is 0.250. The van der Waals surface area contributed by atoms with E-state index in [-0.39, 0.29) is 30.7 Å². The second-order valence-corrected chi connectivity index (χ2v) is 15.8. The summed E-state index contributed by atoms with van der Waals surface area (Å²) in [5, 5.41) is 0.218. The van der Waals surface area contributed by atoms with E-state index in [2.05, 4.69) is 51.0 Å². The Kier molecular flexibility index (Phi) is 10.4. The molecular weight excluding hydrogens is 611 g/mol. The molecule has 10 heteroatoms. The topological polar surface area (TPSA) is 92.3 Å². The van der Waals surface area contributed by atoms with E-state index in [0.29, 0.717) is 11.4 Å². The second-order valence-electron chi connectivity index (χ2n) is 11.7. The molecule has 0 bridgehead atoms. The quantitative estimate of drug-likeness (QED) is 0.219. The lowest BCUT2D eigenvalue weighted by atomic mass is 9.87. The summed E-state index contributed by atoms with van der Waals surface area (Å²) < 4.78 is 54.2. The molecule has 224 valence electrons. The van der Waals surface area contributed by atoms with Crippen molar-refractivity contribution in [1.29, 1.82) is 0 Å². The van der Waals surface area contributed by atoms with Gasteiger partial charge in [0.15, 0.2) is 0 Å². The van der Waals surface area contributed by atoms with Gasteiger partial charge in [-0.1, -0.05) is 113 Å². The molecule has 6 nitrogen and oxygen atoms in total. The van der Waals surface area contributed by atoms with Crippen LogP contribution in [0.5, 0.6) is 0 Å². The number of hydrogen-bond donors (Lipinski definition) is 2. The van der Waals surface area contributed by atoms with Crippen LogP contribution < -0.4 is 9.44 Å². The van der Waals surface area contributed by atoms with Crippen LogP contribution >= 0.6 is 23.2 Å². The molecule has 0 heterocycles. The summed E-state index contributed by atoms with van der Waals surface area (Å²) >= 11 is 11.8. The number of hydrogen-bond acceptors (Lipinski definition) is 4. The van der Waals surface area contributed by atoms with Gasteiger partial charge in [-0.3, -0.25) is 9.44 Å². The molecule has 0 saturated carbocycles. The lowest BCUT2D eigenvalue weighted by molar-refractivity contribution is 0.590. The minimum absolute atomic E-state index is 0.00761. The van der Waals surface area contributed by atoms with E-state index in [1.54, 1.807) is 66.7 Å². The van der Waals surface area contributed by atoms with Crippen LogP contribution in [0.1, 0.15) is 52.7 Å². The number of anilines is 2. The fourth-order valence-electron chi connectivity index (χ4n) is 3.79. The van der Waals surface area contributed by atoms with Crippen molar-refractivity contribution < 1.29 is 16.8 Å². The Morgan fingerprint density at radius 3 is 1.38 bits per heavy atom. The van der Waals surface area contributed by atoms with Crippen LogP contribution in [0.4, 0.5) is 11.4 Å². The molecule has 0 amide bonds. The van der Waals surface area contributed by atoms with Crippen molar-refractivity contribution in [3.63, 3.8) is 0 Å². The van der Waals surface area contributed by atoms with Gasteiger partial charge in [0.2, 0.25) is 0 Å². The first-order valence-electron chi connectivity index (χ1n) is 13.2. The van der Waals surface area contributed by atoms with Crippen molar-refractivity contribution in [3.05, 3.63) is 118 Å². The molecule has 0 fully saturated rings. The van der Waals surface area contributed by atoms with Crippen LogP contribution in [0.3, 0.4) is 0 Å². The predicted molar refractivity (Wildman–Crippen MR) is 175 cm³/mol. The van der Waals surface area contributed by atoms with E-state index in [0.717, 1.165) is 5.56 Å². The van der Waals surface area contributed by atoms with Crippen LogP contribution in [0.15, 0.2) is 107 Å². The maximum absolute atomic E-state index is 12.4. The van der Waals surface area contributed by atoms with E-state index < -0.39 is 20.0 Å². The third kappa shape index (κ3) is 8.98. The first kappa shape index (κ1) is 33.5. The van der Waals surface area contributed by atoms with Gasteiger partial charge in [0.1, 0.15) is 4.90 Å². The molecule has 0 saturated heterocycles. The Morgan fingerprint density at radius 1 is 0.524 bits per heavy atom. The highest BCUT2D eigenvalue weighted by Crippen LogP contribution is 2.31. The van der Waals surface area contributed by atoms with Gasteiger partial charge < -0.3 is 0 Å². The molecule has 0 radical (unpaired) electrons. The van der Waals surface area contributed by atoms with Gasteiger partial charge >= 0.3 is 0 Å². The molecule has 0 aromatic heterocycles. The zero-order valence-electron chi connectivity index (χ0n) is 24.4. The second kappa shape index (κ2) is 13.1. The highest BCUT2D eigenvalue weighted by Gasteiger charge is 2.20. The van der Waals surface area contributed by atoms with Crippen molar-refractivity contribution >= 4 is 54.6 Å². The van der Waals surface area contributed by atoms with Crippen LogP contribution in [-0.4, -0.2) is 16.8 Å². The van der Waals surface area contributed by atoms with Gasteiger partial charge in [-0.15, -0.1) is 0 Å².